The zero-order valence-corrected chi connectivity index (χ0v) is 9.15. The van der Waals surface area contributed by atoms with Gasteiger partial charge in [-0.25, -0.2) is 4.98 Å². The van der Waals surface area contributed by atoms with Gasteiger partial charge in [-0.1, -0.05) is 0 Å². The van der Waals surface area contributed by atoms with Crippen molar-refractivity contribution in [2.45, 2.75) is 6.54 Å². The standard InChI is InChI=1S/C9H17N5/c1-13(2)8-7(5-10)6-11-9(12-8)14(3)4/h6H,5,10H2,1-4H3. The fourth-order valence-corrected chi connectivity index (χ4v) is 1.14. The van der Waals surface area contributed by atoms with E-state index in [0.717, 1.165) is 11.4 Å². The van der Waals surface area contributed by atoms with Crippen LogP contribution in [-0.4, -0.2) is 38.2 Å². The minimum absolute atomic E-state index is 0.460. The molecule has 0 fully saturated rings. The molecular weight excluding hydrogens is 178 g/mol. The summed E-state index contributed by atoms with van der Waals surface area (Å²) >= 11 is 0. The molecule has 0 aliphatic heterocycles. The van der Waals surface area contributed by atoms with E-state index < -0.39 is 0 Å². The Morgan fingerprint density at radius 3 is 2.29 bits per heavy atom. The number of nitrogens with zero attached hydrogens (tertiary/aromatic N) is 4. The van der Waals surface area contributed by atoms with Crippen molar-refractivity contribution in [3.8, 4) is 0 Å². The molecule has 5 heteroatoms. The van der Waals surface area contributed by atoms with E-state index in [1.54, 1.807) is 6.20 Å². The van der Waals surface area contributed by atoms with E-state index in [4.69, 9.17) is 5.73 Å². The fourth-order valence-electron chi connectivity index (χ4n) is 1.14. The topological polar surface area (TPSA) is 58.3 Å². The van der Waals surface area contributed by atoms with Gasteiger partial charge in [0.25, 0.3) is 0 Å². The molecule has 0 spiro atoms. The number of nitrogens with two attached hydrogens (primary N) is 1. The third kappa shape index (κ3) is 2.11. The maximum absolute atomic E-state index is 5.59. The van der Waals surface area contributed by atoms with E-state index in [9.17, 15) is 0 Å². The van der Waals surface area contributed by atoms with Gasteiger partial charge in [-0.05, 0) is 0 Å². The molecule has 0 radical (unpaired) electrons. The minimum Gasteiger partial charge on any atom is -0.362 e. The SMILES string of the molecule is CN(C)c1ncc(CN)c(N(C)C)n1. The highest BCUT2D eigenvalue weighted by molar-refractivity contribution is 5.48. The number of hydrogen-bond acceptors (Lipinski definition) is 5. The average molecular weight is 195 g/mol. The Labute approximate surface area is 84.6 Å². The molecule has 14 heavy (non-hydrogen) atoms. The van der Waals surface area contributed by atoms with Crippen LogP contribution in [0.15, 0.2) is 6.20 Å². The van der Waals surface area contributed by atoms with Gasteiger partial charge in [-0.15, -0.1) is 0 Å². The average Bonchev–Trinajstić information content (AvgIpc) is 2.16. The van der Waals surface area contributed by atoms with Crippen LogP contribution in [0.3, 0.4) is 0 Å². The van der Waals surface area contributed by atoms with Crippen molar-refractivity contribution in [1.82, 2.24) is 9.97 Å². The first kappa shape index (κ1) is 10.7. The molecule has 0 aromatic carbocycles. The molecule has 78 valence electrons. The number of anilines is 2. The first-order chi connectivity index (χ1) is 6.56. The first-order valence-electron chi connectivity index (χ1n) is 4.47. The van der Waals surface area contributed by atoms with Crippen LogP contribution < -0.4 is 15.5 Å². The number of hydrogen-bond donors (Lipinski definition) is 1. The van der Waals surface area contributed by atoms with Crippen LogP contribution in [-0.2, 0) is 6.54 Å². The van der Waals surface area contributed by atoms with E-state index in [1.807, 2.05) is 38.0 Å². The predicted molar refractivity (Wildman–Crippen MR) is 58.6 cm³/mol. The highest BCUT2D eigenvalue weighted by atomic mass is 15.3. The predicted octanol–water partition coefficient (Wildman–Crippen LogP) is 0.0673. The summed E-state index contributed by atoms with van der Waals surface area (Å²) in [7, 11) is 7.72. The van der Waals surface area contributed by atoms with Gasteiger partial charge in [0.15, 0.2) is 0 Å². The van der Waals surface area contributed by atoms with Gasteiger partial charge in [-0.2, -0.15) is 4.98 Å². The lowest BCUT2D eigenvalue weighted by Gasteiger charge is -2.18. The van der Waals surface area contributed by atoms with Gasteiger partial charge < -0.3 is 15.5 Å². The number of aromatic nitrogens is 2. The molecule has 0 unspecified atom stereocenters. The highest BCUT2D eigenvalue weighted by Gasteiger charge is 2.08. The fraction of sp³-hybridized carbons (Fsp3) is 0.556. The van der Waals surface area contributed by atoms with E-state index >= 15 is 0 Å². The maximum atomic E-state index is 5.59. The molecule has 0 atom stereocenters. The van der Waals surface area contributed by atoms with Gasteiger partial charge >= 0.3 is 0 Å². The van der Waals surface area contributed by atoms with E-state index in [1.165, 1.54) is 0 Å². The van der Waals surface area contributed by atoms with Crippen LogP contribution in [0, 0.1) is 0 Å². The monoisotopic (exact) mass is 195 g/mol. The van der Waals surface area contributed by atoms with Crippen molar-refractivity contribution < 1.29 is 0 Å². The Hall–Kier alpha value is -1.36. The van der Waals surface area contributed by atoms with Crippen LogP contribution in [0.1, 0.15) is 5.56 Å². The summed E-state index contributed by atoms with van der Waals surface area (Å²) < 4.78 is 0. The smallest absolute Gasteiger partial charge is 0.226 e. The quantitative estimate of drug-likeness (QED) is 0.739. The van der Waals surface area contributed by atoms with Gasteiger partial charge in [0.1, 0.15) is 5.82 Å². The van der Waals surface area contributed by atoms with E-state index in [0.29, 0.717) is 12.5 Å². The van der Waals surface area contributed by atoms with Gasteiger partial charge in [-0.3, -0.25) is 0 Å². The summed E-state index contributed by atoms with van der Waals surface area (Å²) in [5, 5.41) is 0. The Morgan fingerprint density at radius 2 is 1.86 bits per heavy atom. The molecule has 0 aliphatic carbocycles. The molecular formula is C9H17N5. The second kappa shape index (κ2) is 4.23. The molecule has 5 nitrogen and oxygen atoms in total. The third-order valence-electron chi connectivity index (χ3n) is 1.87. The molecule has 0 saturated carbocycles. The molecule has 1 aromatic heterocycles. The highest BCUT2D eigenvalue weighted by Crippen LogP contribution is 2.16. The van der Waals surface area contributed by atoms with E-state index in [-0.39, 0.29) is 0 Å². The largest absolute Gasteiger partial charge is 0.362 e. The second-order valence-electron chi connectivity index (χ2n) is 3.51. The minimum atomic E-state index is 0.460. The molecule has 0 bridgehead atoms. The summed E-state index contributed by atoms with van der Waals surface area (Å²) in [5.74, 6) is 1.58. The van der Waals surface area contributed by atoms with Crippen molar-refractivity contribution in [2.24, 2.45) is 5.73 Å². The lowest BCUT2D eigenvalue weighted by atomic mass is 10.3. The molecule has 1 heterocycles. The summed E-state index contributed by atoms with van der Waals surface area (Å²) in [6, 6.07) is 0. The van der Waals surface area contributed by atoms with Crippen molar-refractivity contribution in [3.63, 3.8) is 0 Å². The summed E-state index contributed by atoms with van der Waals surface area (Å²) in [6.07, 6.45) is 1.78. The Balaban J connectivity index is 3.14. The van der Waals surface area contributed by atoms with Gasteiger partial charge in [0.2, 0.25) is 5.95 Å². The normalized spacial score (nSPS) is 10.1. The molecule has 0 aliphatic rings. The van der Waals surface area contributed by atoms with Gasteiger partial charge in [0, 0.05) is 46.5 Å². The van der Waals surface area contributed by atoms with Crippen LogP contribution in [0.25, 0.3) is 0 Å². The van der Waals surface area contributed by atoms with Crippen LogP contribution >= 0.6 is 0 Å². The van der Waals surface area contributed by atoms with Crippen molar-refractivity contribution in [2.75, 3.05) is 38.0 Å². The lowest BCUT2D eigenvalue weighted by Crippen LogP contribution is -2.19. The van der Waals surface area contributed by atoms with Crippen LogP contribution in [0.4, 0.5) is 11.8 Å². The molecule has 1 aromatic rings. The molecule has 2 N–H and O–H groups in total. The lowest BCUT2D eigenvalue weighted by molar-refractivity contribution is 0.923. The second-order valence-corrected chi connectivity index (χ2v) is 3.51. The first-order valence-corrected chi connectivity index (χ1v) is 4.47. The zero-order chi connectivity index (χ0) is 10.7. The maximum Gasteiger partial charge on any atom is 0.226 e. The van der Waals surface area contributed by atoms with Crippen LogP contribution in [0.5, 0.6) is 0 Å². The number of rotatable bonds is 3. The Bertz CT molecular complexity index is 308. The third-order valence-corrected chi connectivity index (χ3v) is 1.87. The molecule has 0 saturated heterocycles. The zero-order valence-electron chi connectivity index (χ0n) is 9.15. The van der Waals surface area contributed by atoms with Crippen molar-refractivity contribution in [3.05, 3.63) is 11.8 Å². The van der Waals surface area contributed by atoms with Crippen molar-refractivity contribution >= 4 is 11.8 Å². The molecule has 0 amide bonds. The van der Waals surface area contributed by atoms with Gasteiger partial charge in [0.05, 0.1) is 0 Å². The summed E-state index contributed by atoms with van der Waals surface area (Å²) in [5.41, 5.74) is 6.55. The summed E-state index contributed by atoms with van der Waals surface area (Å²) in [4.78, 5) is 12.4. The van der Waals surface area contributed by atoms with E-state index in [2.05, 4.69) is 9.97 Å². The Kier molecular flexibility index (Phi) is 3.24. The van der Waals surface area contributed by atoms with Crippen LogP contribution in [0.2, 0.25) is 0 Å². The van der Waals surface area contributed by atoms with Crippen molar-refractivity contribution in [1.29, 1.82) is 0 Å². The summed E-state index contributed by atoms with van der Waals surface area (Å²) in [6.45, 7) is 0.460. The Morgan fingerprint density at radius 1 is 1.21 bits per heavy atom. The molecule has 1 rings (SSSR count).